The Labute approximate surface area is 178 Å². The van der Waals surface area contributed by atoms with Crippen LogP contribution in [0.2, 0.25) is 0 Å². The Hall–Kier alpha value is -4.33. The molecule has 0 aliphatic carbocycles. The Bertz CT molecular complexity index is 1300. The summed E-state index contributed by atoms with van der Waals surface area (Å²) in [6.07, 6.45) is 11.8. The molecule has 0 aliphatic rings. The van der Waals surface area contributed by atoms with E-state index in [4.69, 9.17) is 4.74 Å². The van der Waals surface area contributed by atoms with Crippen molar-refractivity contribution < 1.29 is 14.3 Å². The number of amides is 2. The second kappa shape index (κ2) is 8.58. The van der Waals surface area contributed by atoms with Gasteiger partial charge in [-0.2, -0.15) is 0 Å². The first-order valence-corrected chi connectivity index (χ1v) is 9.48. The molecule has 0 bridgehead atoms. The SMILES string of the molecule is CC=CC(=O)N(C=O)c1cncc(-c2cnc3[nH]cc(-c4ccnc(OC)c4)c3c2)c1. The lowest BCUT2D eigenvalue weighted by molar-refractivity contribution is -0.118. The van der Waals surface area contributed by atoms with E-state index < -0.39 is 5.91 Å². The van der Waals surface area contributed by atoms with Gasteiger partial charge >= 0.3 is 0 Å². The lowest BCUT2D eigenvalue weighted by atomic mass is 10.0. The van der Waals surface area contributed by atoms with Crippen LogP contribution in [-0.2, 0) is 9.59 Å². The molecular weight excluding hydrogens is 394 g/mol. The van der Waals surface area contributed by atoms with Crippen LogP contribution in [0.5, 0.6) is 5.88 Å². The number of imide groups is 1. The third kappa shape index (κ3) is 3.91. The van der Waals surface area contributed by atoms with Crippen LogP contribution in [0.4, 0.5) is 5.69 Å². The maximum atomic E-state index is 12.2. The first kappa shape index (κ1) is 20.0. The van der Waals surface area contributed by atoms with Gasteiger partial charge in [0.25, 0.3) is 5.91 Å². The van der Waals surface area contributed by atoms with E-state index in [1.165, 1.54) is 12.3 Å². The van der Waals surface area contributed by atoms with Gasteiger partial charge in [0.05, 0.1) is 19.0 Å². The smallest absolute Gasteiger partial charge is 0.257 e. The van der Waals surface area contributed by atoms with Crippen molar-refractivity contribution in [1.82, 2.24) is 19.9 Å². The third-order valence-corrected chi connectivity index (χ3v) is 4.77. The van der Waals surface area contributed by atoms with Crippen molar-refractivity contribution in [3.63, 3.8) is 0 Å². The molecule has 0 atom stereocenters. The highest BCUT2D eigenvalue weighted by Gasteiger charge is 2.15. The number of ether oxygens (including phenoxy) is 1. The molecule has 0 radical (unpaired) electrons. The minimum Gasteiger partial charge on any atom is -0.481 e. The number of aromatic amines is 1. The van der Waals surface area contributed by atoms with Crippen molar-refractivity contribution in [3.05, 3.63) is 67.4 Å². The molecule has 0 aromatic carbocycles. The molecule has 154 valence electrons. The van der Waals surface area contributed by atoms with Crippen LogP contribution in [0.3, 0.4) is 0 Å². The standard InChI is InChI=1S/C23H19N5O3/c1-3-4-22(30)28(14-29)18-7-16(10-24-12-18)17-8-19-20(13-27-23(19)26-11-17)15-5-6-25-21(9-15)31-2/h3-14H,1-2H3,(H,26,27). The zero-order valence-electron chi connectivity index (χ0n) is 16.9. The van der Waals surface area contributed by atoms with Crippen molar-refractivity contribution >= 4 is 29.0 Å². The number of fused-ring (bicyclic) bond motifs is 1. The zero-order chi connectivity index (χ0) is 21.8. The fraction of sp³-hybridized carbons (Fsp3) is 0.0870. The Kier molecular flexibility index (Phi) is 5.53. The van der Waals surface area contributed by atoms with Crippen LogP contribution in [0.25, 0.3) is 33.3 Å². The summed E-state index contributed by atoms with van der Waals surface area (Å²) in [6.45, 7) is 1.71. The molecule has 8 nitrogen and oxygen atoms in total. The van der Waals surface area contributed by atoms with Gasteiger partial charge in [-0.15, -0.1) is 0 Å². The average molecular weight is 413 g/mol. The van der Waals surface area contributed by atoms with Crippen molar-refractivity contribution in [2.75, 3.05) is 12.0 Å². The number of pyridine rings is 3. The summed E-state index contributed by atoms with van der Waals surface area (Å²) in [5.41, 5.74) is 4.53. The summed E-state index contributed by atoms with van der Waals surface area (Å²) >= 11 is 0. The van der Waals surface area contributed by atoms with Gasteiger partial charge in [-0.1, -0.05) is 6.08 Å². The van der Waals surface area contributed by atoms with Gasteiger partial charge < -0.3 is 9.72 Å². The number of hydrogen-bond donors (Lipinski definition) is 1. The molecule has 4 aromatic heterocycles. The molecule has 31 heavy (non-hydrogen) atoms. The number of carbonyl (C=O) groups excluding carboxylic acids is 2. The number of aromatic nitrogens is 4. The molecule has 0 spiro atoms. The van der Waals surface area contributed by atoms with Gasteiger partial charge in [0.2, 0.25) is 12.3 Å². The number of carbonyl (C=O) groups is 2. The van der Waals surface area contributed by atoms with Crippen molar-refractivity contribution in [2.24, 2.45) is 0 Å². The average Bonchev–Trinajstić information content (AvgIpc) is 3.23. The number of nitrogens with zero attached hydrogens (tertiary/aromatic N) is 4. The highest BCUT2D eigenvalue weighted by atomic mass is 16.5. The van der Waals surface area contributed by atoms with E-state index in [-0.39, 0.29) is 0 Å². The molecule has 2 amide bonds. The minimum atomic E-state index is -0.440. The lowest BCUT2D eigenvalue weighted by Gasteiger charge is -2.14. The fourth-order valence-electron chi connectivity index (χ4n) is 3.27. The minimum absolute atomic E-state index is 0.379. The van der Waals surface area contributed by atoms with E-state index in [1.807, 2.05) is 24.4 Å². The first-order chi connectivity index (χ1) is 15.1. The molecule has 4 aromatic rings. The summed E-state index contributed by atoms with van der Waals surface area (Å²) in [7, 11) is 1.57. The maximum Gasteiger partial charge on any atom is 0.257 e. The molecule has 0 aliphatic heterocycles. The van der Waals surface area contributed by atoms with Crippen LogP contribution in [0.1, 0.15) is 6.92 Å². The summed E-state index contributed by atoms with van der Waals surface area (Å²) in [5.74, 6) is 0.0807. The number of allylic oxidation sites excluding steroid dienone is 1. The van der Waals surface area contributed by atoms with E-state index in [0.717, 1.165) is 38.2 Å². The Morgan fingerprint density at radius 2 is 1.94 bits per heavy atom. The van der Waals surface area contributed by atoms with E-state index in [2.05, 4.69) is 19.9 Å². The molecule has 0 fully saturated rings. The molecule has 0 saturated carbocycles. The van der Waals surface area contributed by atoms with Crippen LogP contribution in [-0.4, -0.2) is 39.4 Å². The predicted molar refractivity (Wildman–Crippen MR) is 117 cm³/mol. The molecule has 0 saturated heterocycles. The van der Waals surface area contributed by atoms with E-state index >= 15 is 0 Å². The lowest BCUT2D eigenvalue weighted by Crippen LogP contribution is -2.27. The summed E-state index contributed by atoms with van der Waals surface area (Å²) < 4.78 is 5.23. The predicted octanol–water partition coefficient (Wildman–Crippen LogP) is 3.76. The molecule has 4 heterocycles. The third-order valence-electron chi connectivity index (χ3n) is 4.77. The van der Waals surface area contributed by atoms with Crippen LogP contribution >= 0.6 is 0 Å². The molecule has 0 unspecified atom stereocenters. The topological polar surface area (TPSA) is 101 Å². The second-order valence-electron chi connectivity index (χ2n) is 6.65. The zero-order valence-corrected chi connectivity index (χ0v) is 16.9. The second-order valence-corrected chi connectivity index (χ2v) is 6.65. The number of rotatable bonds is 6. The molecular formula is C23H19N5O3. The van der Waals surface area contributed by atoms with Crippen LogP contribution < -0.4 is 9.64 Å². The number of H-pyrrole nitrogens is 1. The van der Waals surface area contributed by atoms with Crippen LogP contribution in [0.15, 0.2) is 67.4 Å². The number of methoxy groups -OCH3 is 1. The van der Waals surface area contributed by atoms with Crippen LogP contribution in [0, 0.1) is 0 Å². The Morgan fingerprint density at radius 3 is 2.71 bits per heavy atom. The van der Waals surface area contributed by atoms with Gasteiger partial charge in [-0.3, -0.25) is 14.6 Å². The Balaban J connectivity index is 1.77. The highest BCUT2D eigenvalue weighted by Crippen LogP contribution is 2.32. The largest absolute Gasteiger partial charge is 0.481 e. The maximum absolute atomic E-state index is 12.2. The van der Waals surface area contributed by atoms with Gasteiger partial charge in [-0.25, -0.2) is 14.9 Å². The van der Waals surface area contributed by atoms with E-state index in [9.17, 15) is 9.59 Å². The van der Waals surface area contributed by atoms with Crippen molar-refractivity contribution in [1.29, 1.82) is 0 Å². The molecule has 8 heteroatoms. The van der Waals surface area contributed by atoms with Gasteiger partial charge in [-0.05, 0) is 36.8 Å². The number of hydrogen-bond acceptors (Lipinski definition) is 6. The fourth-order valence-corrected chi connectivity index (χ4v) is 3.27. The van der Waals surface area contributed by atoms with E-state index in [1.54, 1.807) is 44.8 Å². The van der Waals surface area contributed by atoms with Crippen molar-refractivity contribution in [3.8, 4) is 28.1 Å². The quantitative estimate of drug-likeness (QED) is 0.382. The first-order valence-electron chi connectivity index (χ1n) is 9.48. The molecule has 4 rings (SSSR count). The molecule has 1 N–H and O–H groups in total. The van der Waals surface area contributed by atoms with Gasteiger partial charge in [0.15, 0.2) is 0 Å². The number of nitrogens with one attached hydrogen (secondary N) is 1. The van der Waals surface area contributed by atoms with E-state index in [0.29, 0.717) is 18.0 Å². The Morgan fingerprint density at radius 1 is 1.10 bits per heavy atom. The normalized spacial score (nSPS) is 11.0. The van der Waals surface area contributed by atoms with Crippen molar-refractivity contribution in [2.45, 2.75) is 6.92 Å². The summed E-state index contributed by atoms with van der Waals surface area (Å²) in [4.78, 5) is 40.7. The summed E-state index contributed by atoms with van der Waals surface area (Å²) in [5, 5.41) is 0.911. The highest BCUT2D eigenvalue weighted by molar-refractivity contribution is 6.12. The van der Waals surface area contributed by atoms with Gasteiger partial charge in [0, 0.05) is 52.9 Å². The number of anilines is 1. The van der Waals surface area contributed by atoms with Gasteiger partial charge in [0.1, 0.15) is 5.65 Å². The summed E-state index contributed by atoms with van der Waals surface area (Å²) in [6, 6.07) is 7.47. The monoisotopic (exact) mass is 413 g/mol.